The standard InChI is InChI=1S/C29H29N5O3S2/c1-34(21-27(35)32-25-19-11-12-20-26(25)39(31,36)37)28(30)33-38-29(22-13-5-2-6-14-22,23-15-7-3-8-16-23)24-17-9-4-10-18-24/h2-20H,21H2,1H3,(H2,30,33)(H,32,35)(H2,31,36,37). The number of sulfonamides is 1. The number of anilines is 1. The summed E-state index contributed by atoms with van der Waals surface area (Å²) in [6.45, 7) is -0.163. The third-order valence-corrected chi connectivity index (χ3v) is 8.28. The zero-order valence-corrected chi connectivity index (χ0v) is 22.9. The van der Waals surface area contributed by atoms with Crippen molar-refractivity contribution in [3.63, 3.8) is 0 Å². The van der Waals surface area contributed by atoms with Crippen LogP contribution in [0.25, 0.3) is 0 Å². The summed E-state index contributed by atoms with van der Waals surface area (Å²) in [5, 5.41) is 7.87. The lowest BCUT2D eigenvalue weighted by atomic mass is 9.84. The van der Waals surface area contributed by atoms with Crippen LogP contribution in [0.15, 0.2) is 125 Å². The topological polar surface area (TPSA) is 131 Å². The molecule has 0 saturated heterocycles. The molecule has 4 aromatic rings. The monoisotopic (exact) mass is 559 g/mol. The molecule has 0 heterocycles. The minimum absolute atomic E-state index is 0.0968. The number of nitrogens with zero attached hydrogens (tertiary/aromatic N) is 2. The van der Waals surface area contributed by atoms with Crippen LogP contribution >= 0.6 is 11.9 Å². The first-order valence-corrected chi connectivity index (χ1v) is 14.3. The number of rotatable bonds is 9. The van der Waals surface area contributed by atoms with Crippen molar-refractivity contribution in [2.75, 3.05) is 18.9 Å². The Balaban J connectivity index is 1.63. The van der Waals surface area contributed by atoms with E-state index in [9.17, 15) is 13.2 Å². The zero-order chi connectivity index (χ0) is 27.9. The number of hydrogen-bond donors (Lipinski definition) is 3. The van der Waals surface area contributed by atoms with Crippen LogP contribution in [0, 0.1) is 0 Å². The van der Waals surface area contributed by atoms with Crippen LogP contribution in [0.5, 0.6) is 0 Å². The number of carbonyl (C=O) groups is 1. The van der Waals surface area contributed by atoms with Crippen molar-refractivity contribution in [1.29, 1.82) is 0 Å². The SMILES string of the molecule is CN(CC(=O)Nc1ccccc1S(N)(=O)=O)/C(N)=N/SC(c1ccccc1)(c1ccccc1)c1ccccc1. The number of amides is 1. The van der Waals surface area contributed by atoms with Crippen LogP contribution in [0.2, 0.25) is 0 Å². The van der Waals surface area contributed by atoms with Crippen LogP contribution < -0.4 is 16.2 Å². The van der Waals surface area contributed by atoms with Gasteiger partial charge in [0.1, 0.15) is 9.64 Å². The van der Waals surface area contributed by atoms with Gasteiger partial charge in [0.2, 0.25) is 21.9 Å². The number of likely N-dealkylation sites (N-methyl/N-ethyl adjacent to an activating group) is 1. The van der Waals surface area contributed by atoms with Gasteiger partial charge in [0, 0.05) is 7.05 Å². The highest BCUT2D eigenvalue weighted by Crippen LogP contribution is 2.48. The smallest absolute Gasteiger partial charge is 0.244 e. The van der Waals surface area contributed by atoms with Gasteiger partial charge in [-0.25, -0.2) is 13.6 Å². The number of para-hydroxylation sites is 1. The van der Waals surface area contributed by atoms with Gasteiger partial charge in [0.05, 0.1) is 12.2 Å². The molecule has 10 heteroatoms. The van der Waals surface area contributed by atoms with E-state index in [2.05, 4.69) is 46.1 Å². The Hall–Kier alpha value is -4.12. The molecule has 0 spiro atoms. The van der Waals surface area contributed by atoms with Gasteiger partial charge in [0.15, 0.2) is 0 Å². The molecule has 4 aromatic carbocycles. The summed E-state index contributed by atoms with van der Waals surface area (Å²) in [5.41, 5.74) is 9.51. The van der Waals surface area contributed by atoms with Crippen LogP contribution in [0.4, 0.5) is 5.69 Å². The van der Waals surface area contributed by atoms with Gasteiger partial charge in [-0.3, -0.25) is 4.79 Å². The molecule has 0 aromatic heterocycles. The highest BCUT2D eigenvalue weighted by molar-refractivity contribution is 7.99. The summed E-state index contributed by atoms with van der Waals surface area (Å²) in [6, 6.07) is 36.1. The first-order chi connectivity index (χ1) is 18.7. The molecular formula is C29H29N5O3S2. The van der Waals surface area contributed by atoms with Gasteiger partial charge in [-0.15, -0.1) is 0 Å². The van der Waals surface area contributed by atoms with Crippen molar-refractivity contribution in [3.8, 4) is 0 Å². The Morgan fingerprint density at radius 3 is 1.72 bits per heavy atom. The molecule has 5 N–H and O–H groups in total. The van der Waals surface area contributed by atoms with E-state index in [-0.39, 0.29) is 23.1 Å². The Bertz CT molecular complexity index is 1450. The molecule has 8 nitrogen and oxygen atoms in total. The molecule has 0 aliphatic rings. The molecule has 0 fully saturated rings. The molecule has 0 saturated carbocycles. The van der Waals surface area contributed by atoms with Crippen molar-refractivity contribution < 1.29 is 13.2 Å². The summed E-state index contributed by atoms with van der Waals surface area (Å²) < 4.78 is 27.7. The van der Waals surface area contributed by atoms with Crippen molar-refractivity contribution in [3.05, 3.63) is 132 Å². The highest BCUT2D eigenvalue weighted by atomic mass is 32.2. The van der Waals surface area contributed by atoms with Gasteiger partial charge in [0.25, 0.3) is 0 Å². The average Bonchev–Trinajstić information content (AvgIpc) is 2.94. The second-order valence-electron chi connectivity index (χ2n) is 8.77. The maximum atomic E-state index is 12.8. The normalized spacial score (nSPS) is 12.1. The van der Waals surface area contributed by atoms with Crippen LogP contribution in [0.1, 0.15) is 16.7 Å². The lowest BCUT2D eigenvalue weighted by molar-refractivity contribution is -0.116. The molecule has 0 atom stereocenters. The van der Waals surface area contributed by atoms with Gasteiger partial charge in [-0.1, -0.05) is 103 Å². The summed E-state index contributed by atoms with van der Waals surface area (Å²) in [7, 11) is -2.37. The molecule has 0 radical (unpaired) electrons. The number of benzene rings is 4. The molecule has 200 valence electrons. The molecule has 0 bridgehead atoms. The fourth-order valence-electron chi connectivity index (χ4n) is 4.17. The fraction of sp³-hybridized carbons (Fsp3) is 0.103. The fourth-order valence-corrected chi connectivity index (χ4v) is 5.95. The van der Waals surface area contributed by atoms with Crippen LogP contribution in [-0.2, 0) is 19.6 Å². The van der Waals surface area contributed by atoms with Crippen LogP contribution in [-0.4, -0.2) is 38.8 Å². The number of primary sulfonamides is 1. The van der Waals surface area contributed by atoms with Crippen molar-refractivity contribution in [1.82, 2.24) is 4.90 Å². The van der Waals surface area contributed by atoms with Gasteiger partial charge < -0.3 is 16.0 Å². The van der Waals surface area contributed by atoms with E-state index >= 15 is 0 Å². The lowest BCUT2D eigenvalue weighted by Crippen LogP contribution is -2.39. The molecular weight excluding hydrogens is 530 g/mol. The van der Waals surface area contributed by atoms with E-state index in [1.54, 1.807) is 13.1 Å². The third kappa shape index (κ3) is 6.48. The minimum atomic E-state index is -4.01. The molecule has 39 heavy (non-hydrogen) atoms. The Labute approximate surface area is 232 Å². The van der Waals surface area contributed by atoms with Gasteiger partial charge in [-0.2, -0.15) is 4.40 Å². The van der Waals surface area contributed by atoms with Gasteiger partial charge >= 0.3 is 0 Å². The number of carbonyl (C=O) groups excluding carboxylic acids is 1. The van der Waals surface area contributed by atoms with E-state index in [0.29, 0.717) is 0 Å². The second-order valence-corrected chi connectivity index (χ2v) is 11.3. The molecule has 1 amide bonds. The zero-order valence-electron chi connectivity index (χ0n) is 21.3. The molecule has 0 unspecified atom stereocenters. The minimum Gasteiger partial charge on any atom is -0.369 e. The average molecular weight is 560 g/mol. The number of hydrogen-bond acceptors (Lipinski definition) is 5. The first kappa shape index (κ1) is 27.9. The van der Waals surface area contributed by atoms with E-state index in [4.69, 9.17) is 10.9 Å². The molecule has 0 aliphatic heterocycles. The molecule has 0 aliphatic carbocycles. The quantitative estimate of drug-likeness (QED) is 0.122. The Kier molecular flexibility index (Phi) is 8.70. The maximum absolute atomic E-state index is 12.8. The summed E-state index contributed by atoms with van der Waals surface area (Å²) >= 11 is 1.30. The largest absolute Gasteiger partial charge is 0.369 e. The predicted molar refractivity (Wildman–Crippen MR) is 157 cm³/mol. The summed E-state index contributed by atoms with van der Waals surface area (Å²) in [4.78, 5) is 14.1. The van der Waals surface area contributed by atoms with E-state index in [1.807, 2.05) is 54.6 Å². The van der Waals surface area contributed by atoms with E-state index in [0.717, 1.165) is 16.7 Å². The Morgan fingerprint density at radius 1 is 0.821 bits per heavy atom. The Morgan fingerprint density at radius 2 is 1.26 bits per heavy atom. The number of nitrogens with two attached hydrogens (primary N) is 2. The first-order valence-electron chi connectivity index (χ1n) is 12.0. The summed E-state index contributed by atoms with van der Waals surface area (Å²) in [5.74, 6) is -0.348. The lowest BCUT2D eigenvalue weighted by Gasteiger charge is -2.33. The second kappa shape index (κ2) is 12.2. The predicted octanol–water partition coefficient (Wildman–Crippen LogP) is 4.16. The number of guanidine groups is 1. The van der Waals surface area contributed by atoms with Crippen molar-refractivity contribution >= 4 is 39.5 Å². The number of nitrogens with one attached hydrogen (secondary N) is 1. The van der Waals surface area contributed by atoms with Crippen LogP contribution in [0.3, 0.4) is 0 Å². The van der Waals surface area contributed by atoms with Gasteiger partial charge in [-0.05, 0) is 40.8 Å². The summed E-state index contributed by atoms with van der Waals surface area (Å²) in [6.07, 6.45) is 0. The third-order valence-electron chi connectivity index (χ3n) is 6.06. The van der Waals surface area contributed by atoms with Crippen molar-refractivity contribution in [2.45, 2.75) is 9.64 Å². The van der Waals surface area contributed by atoms with Crippen molar-refractivity contribution in [2.24, 2.45) is 15.3 Å². The molecule has 4 rings (SSSR count). The van der Waals surface area contributed by atoms with E-state index in [1.165, 1.54) is 35.0 Å². The van der Waals surface area contributed by atoms with E-state index < -0.39 is 20.7 Å². The highest BCUT2D eigenvalue weighted by Gasteiger charge is 2.38. The maximum Gasteiger partial charge on any atom is 0.244 e.